The minimum absolute atomic E-state index is 0.161. The van der Waals surface area contributed by atoms with Gasteiger partial charge in [0.15, 0.2) is 0 Å². The summed E-state index contributed by atoms with van der Waals surface area (Å²) in [5.41, 5.74) is 0. The van der Waals surface area contributed by atoms with Gasteiger partial charge in [0.25, 0.3) is 0 Å². The average molecular weight is 237 g/mol. The molecule has 0 aromatic carbocycles. The molecule has 0 spiro atoms. The van der Waals surface area contributed by atoms with E-state index < -0.39 is 9.84 Å². The van der Waals surface area contributed by atoms with E-state index in [4.69, 9.17) is 4.74 Å². The summed E-state index contributed by atoms with van der Waals surface area (Å²) in [4.78, 5) is 0. The second kappa shape index (κ2) is 7.19. The smallest absolute Gasteiger partial charge is 0.147 e. The van der Waals surface area contributed by atoms with E-state index in [1.165, 1.54) is 6.26 Å². The molecule has 0 aliphatic carbocycles. The number of ether oxygens (including phenoxy) is 1. The molecule has 0 amide bonds. The van der Waals surface area contributed by atoms with E-state index in [0.29, 0.717) is 6.42 Å². The second-order valence-electron chi connectivity index (χ2n) is 3.96. The number of methoxy groups -OCH3 is 1. The zero-order valence-electron chi connectivity index (χ0n) is 10.1. The zero-order valence-corrected chi connectivity index (χ0v) is 10.9. The lowest BCUT2D eigenvalue weighted by Gasteiger charge is -2.20. The van der Waals surface area contributed by atoms with Crippen molar-refractivity contribution in [1.82, 2.24) is 5.32 Å². The normalized spacial score (nSPS) is 16.3. The summed E-state index contributed by atoms with van der Waals surface area (Å²) >= 11 is 0. The number of nitrogens with one attached hydrogen (secondary N) is 1. The van der Waals surface area contributed by atoms with Crippen molar-refractivity contribution in [2.24, 2.45) is 0 Å². The van der Waals surface area contributed by atoms with E-state index in [1.54, 1.807) is 7.11 Å². The minimum Gasteiger partial charge on any atom is -0.382 e. The van der Waals surface area contributed by atoms with E-state index in [2.05, 4.69) is 5.32 Å². The van der Waals surface area contributed by atoms with Gasteiger partial charge in [0.05, 0.1) is 11.9 Å². The Morgan fingerprint density at radius 2 is 2.00 bits per heavy atom. The predicted molar refractivity (Wildman–Crippen MR) is 62.9 cm³/mol. The Kier molecular flexibility index (Phi) is 7.13. The van der Waals surface area contributed by atoms with Gasteiger partial charge in [-0.15, -0.1) is 0 Å². The van der Waals surface area contributed by atoms with Crippen molar-refractivity contribution < 1.29 is 13.2 Å². The highest BCUT2D eigenvalue weighted by molar-refractivity contribution is 7.90. The monoisotopic (exact) mass is 237 g/mol. The summed E-state index contributed by atoms with van der Waals surface area (Å²) in [6.45, 7) is 4.86. The van der Waals surface area contributed by atoms with Crippen LogP contribution in [0.15, 0.2) is 0 Å². The fourth-order valence-corrected chi connectivity index (χ4v) is 2.16. The first-order chi connectivity index (χ1) is 6.89. The van der Waals surface area contributed by atoms with Gasteiger partial charge < -0.3 is 10.1 Å². The summed E-state index contributed by atoms with van der Waals surface area (Å²) in [7, 11) is -1.19. The third kappa shape index (κ3) is 8.84. The van der Waals surface area contributed by atoms with Gasteiger partial charge in [0, 0.05) is 19.4 Å². The summed E-state index contributed by atoms with van der Waals surface area (Å²) in [5, 5.41) is 3.28. The van der Waals surface area contributed by atoms with Gasteiger partial charge in [-0.2, -0.15) is 0 Å². The van der Waals surface area contributed by atoms with E-state index in [0.717, 1.165) is 13.0 Å². The molecule has 0 aromatic heterocycles. The Morgan fingerprint density at radius 3 is 2.40 bits per heavy atom. The standard InChI is InChI=1S/C10H23NO3S/c1-5-11-10(8-9(2)14-3)6-7-15(4,12)13/h9-11H,5-8H2,1-4H3. The van der Waals surface area contributed by atoms with E-state index in [1.807, 2.05) is 13.8 Å². The lowest BCUT2D eigenvalue weighted by atomic mass is 10.1. The molecule has 0 rings (SSSR count). The largest absolute Gasteiger partial charge is 0.382 e. The maximum Gasteiger partial charge on any atom is 0.147 e. The Hall–Kier alpha value is -0.130. The molecule has 0 aliphatic heterocycles. The van der Waals surface area contributed by atoms with Crippen LogP contribution in [0.3, 0.4) is 0 Å². The Bertz CT molecular complexity index is 251. The van der Waals surface area contributed by atoms with E-state index in [9.17, 15) is 8.42 Å². The first kappa shape index (κ1) is 14.9. The SMILES string of the molecule is CCNC(CCS(C)(=O)=O)CC(C)OC. The molecular formula is C10H23NO3S. The van der Waals surface area contributed by atoms with Crippen LogP contribution in [0.25, 0.3) is 0 Å². The van der Waals surface area contributed by atoms with Crippen molar-refractivity contribution in [1.29, 1.82) is 0 Å². The molecule has 92 valence electrons. The van der Waals surface area contributed by atoms with Crippen LogP contribution in [0.1, 0.15) is 26.7 Å². The second-order valence-corrected chi connectivity index (χ2v) is 6.21. The molecule has 2 unspecified atom stereocenters. The van der Waals surface area contributed by atoms with Gasteiger partial charge in [0.2, 0.25) is 0 Å². The first-order valence-electron chi connectivity index (χ1n) is 5.33. The van der Waals surface area contributed by atoms with Crippen molar-refractivity contribution in [3.8, 4) is 0 Å². The fourth-order valence-electron chi connectivity index (χ4n) is 1.45. The maximum atomic E-state index is 11.0. The maximum absolute atomic E-state index is 11.0. The highest BCUT2D eigenvalue weighted by atomic mass is 32.2. The molecular weight excluding hydrogens is 214 g/mol. The van der Waals surface area contributed by atoms with Gasteiger partial charge >= 0.3 is 0 Å². The molecule has 15 heavy (non-hydrogen) atoms. The van der Waals surface area contributed by atoms with Crippen molar-refractivity contribution in [3.05, 3.63) is 0 Å². The van der Waals surface area contributed by atoms with E-state index >= 15 is 0 Å². The lowest BCUT2D eigenvalue weighted by molar-refractivity contribution is 0.100. The summed E-state index contributed by atoms with van der Waals surface area (Å²) in [6, 6.07) is 0.222. The number of sulfone groups is 1. The molecule has 0 bridgehead atoms. The van der Waals surface area contributed by atoms with Crippen LogP contribution in [-0.2, 0) is 14.6 Å². The van der Waals surface area contributed by atoms with E-state index in [-0.39, 0.29) is 17.9 Å². The highest BCUT2D eigenvalue weighted by Crippen LogP contribution is 2.06. The van der Waals surface area contributed by atoms with Gasteiger partial charge in [-0.05, 0) is 26.3 Å². The molecule has 2 atom stereocenters. The summed E-state index contributed by atoms with van der Waals surface area (Å²) in [6.07, 6.45) is 2.93. The molecule has 0 radical (unpaired) electrons. The number of hydrogen-bond donors (Lipinski definition) is 1. The van der Waals surface area contributed by atoms with Gasteiger partial charge in [-0.3, -0.25) is 0 Å². The summed E-state index contributed by atoms with van der Waals surface area (Å²) in [5.74, 6) is 0.237. The Morgan fingerprint density at radius 1 is 1.40 bits per heavy atom. The fraction of sp³-hybridized carbons (Fsp3) is 1.00. The Labute approximate surface area is 93.3 Å². The number of hydrogen-bond acceptors (Lipinski definition) is 4. The minimum atomic E-state index is -2.86. The molecule has 0 saturated carbocycles. The molecule has 4 nitrogen and oxygen atoms in total. The van der Waals surface area contributed by atoms with Crippen LogP contribution in [0, 0.1) is 0 Å². The van der Waals surface area contributed by atoms with Crippen LogP contribution < -0.4 is 5.32 Å². The van der Waals surface area contributed by atoms with Crippen molar-refractivity contribution in [3.63, 3.8) is 0 Å². The average Bonchev–Trinajstić information content (AvgIpc) is 2.13. The molecule has 0 fully saturated rings. The van der Waals surface area contributed by atoms with Gasteiger partial charge in [0.1, 0.15) is 9.84 Å². The van der Waals surface area contributed by atoms with Crippen molar-refractivity contribution in [2.75, 3.05) is 25.7 Å². The predicted octanol–water partition coefficient (Wildman–Crippen LogP) is 0.824. The topological polar surface area (TPSA) is 55.4 Å². The van der Waals surface area contributed by atoms with Crippen LogP contribution in [-0.4, -0.2) is 46.2 Å². The molecule has 0 heterocycles. The molecule has 0 aromatic rings. The van der Waals surface area contributed by atoms with Gasteiger partial charge in [-0.25, -0.2) is 8.42 Å². The van der Waals surface area contributed by atoms with Crippen LogP contribution in [0.2, 0.25) is 0 Å². The van der Waals surface area contributed by atoms with Gasteiger partial charge in [-0.1, -0.05) is 6.92 Å². The molecule has 0 saturated heterocycles. The molecule has 5 heteroatoms. The van der Waals surface area contributed by atoms with Crippen LogP contribution >= 0.6 is 0 Å². The first-order valence-corrected chi connectivity index (χ1v) is 7.39. The highest BCUT2D eigenvalue weighted by Gasteiger charge is 2.14. The van der Waals surface area contributed by atoms with Crippen LogP contribution in [0.4, 0.5) is 0 Å². The number of rotatable bonds is 8. The van der Waals surface area contributed by atoms with Crippen molar-refractivity contribution in [2.45, 2.75) is 38.8 Å². The third-order valence-electron chi connectivity index (χ3n) is 2.35. The molecule has 0 aliphatic rings. The lowest BCUT2D eigenvalue weighted by Crippen LogP contribution is -2.34. The zero-order chi connectivity index (χ0) is 11.9. The third-order valence-corrected chi connectivity index (χ3v) is 3.33. The Balaban J connectivity index is 4.04. The van der Waals surface area contributed by atoms with Crippen molar-refractivity contribution >= 4 is 9.84 Å². The quantitative estimate of drug-likeness (QED) is 0.679. The molecule has 1 N–H and O–H groups in total. The summed E-state index contributed by atoms with van der Waals surface area (Å²) < 4.78 is 27.2. The van der Waals surface area contributed by atoms with Crippen LogP contribution in [0.5, 0.6) is 0 Å².